The van der Waals surface area contributed by atoms with Gasteiger partial charge in [-0.05, 0) is 12.8 Å². The van der Waals surface area contributed by atoms with Gasteiger partial charge in [0.25, 0.3) is 0 Å². The molecule has 0 aromatic carbocycles. The van der Waals surface area contributed by atoms with Gasteiger partial charge in [-0.3, -0.25) is 4.79 Å². The van der Waals surface area contributed by atoms with Crippen LogP contribution in [0.25, 0.3) is 0 Å². The van der Waals surface area contributed by atoms with Crippen LogP contribution in [0.1, 0.15) is 12.8 Å². The summed E-state index contributed by atoms with van der Waals surface area (Å²) in [6.07, 6.45) is 4.77. The molecule has 5 nitrogen and oxygen atoms in total. The number of esters is 1. The highest BCUT2D eigenvalue weighted by atomic mass is 16.5. The number of nitrogens with one attached hydrogen (secondary N) is 2. The second-order valence-electron chi connectivity index (χ2n) is 3.08. The Balaban J connectivity index is 2.04. The van der Waals surface area contributed by atoms with Gasteiger partial charge >= 0.3 is 5.97 Å². The van der Waals surface area contributed by atoms with Gasteiger partial charge in [0, 0.05) is 18.3 Å². The molecule has 1 saturated carbocycles. The average molecular weight is 198 g/mol. The minimum absolute atomic E-state index is 0.0537. The number of hydrogen-bond donors (Lipinski definition) is 2. The van der Waals surface area contributed by atoms with Crippen molar-refractivity contribution in [3.63, 3.8) is 0 Å². The number of hydrogen-bond acceptors (Lipinski definition) is 4. The number of amides is 1. The Hall–Kier alpha value is -1.52. The van der Waals surface area contributed by atoms with E-state index in [0.29, 0.717) is 6.04 Å². The molecule has 0 aromatic heterocycles. The van der Waals surface area contributed by atoms with Crippen molar-refractivity contribution in [2.45, 2.75) is 18.9 Å². The van der Waals surface area contributed by atoms with Gasteiger partial charge in [0.05, 0.1) is 13.7 Å². The van der Waals surface area contributed by atoms with Crippen molar-refractivity contribution in [1.29, 1.82) is 0 Å². The summed E-state index contributed by atoms with van der Waals surface area (Å²) in [6.45, 7) is 0.185. The van der Waals surface area contributed by atoms with Crippen LogP contribution >= 0.6 is 0 Å². The minimum atomic E-state index is -0.444. The molecule has 0 saturated heterocycles. The van der Waals surface area contributed by atoms with Gasteiger partial charge in [0.1, 0.15) is 0 Å². The molecule has 0 radical (unpaired) electrons. The van der Waals surface area contributed by atoms with Crippen molar-refractivity contribution in [3.05, 3.63) is 12.3 Å². The first-order valence-corrected chi connectivity index (χ1v) is 4.49. The number of carbonyl (C=O) groups excluding carboxylic acids is 2. The summed E-state index contributed by atoms with van der Waals surface area (Å²) < 4.78 is 4.37. The SMILES string of the molecule is COC(=O)/C=C/NCC(=O)NC1CC1. The monoisotopic (exact) mass is 198 g/mol. The van der Waals surface area contributed by atoms with E-state index in [1.54, 1.807) is 0 Å². The lowest BCUT2D eigenvalue weighted by Gasteiger charge is -2.01. The third-order valence-electron chi connectivity index (χ3n) is 1.74. The van der Waals surface area contributed by atoms with Crippen LogP contribution < -0.4 is 10.6 Å². The summed E-state index contributed by atoms with van der Waals surface area (Å²) in [4.78, 5) is 21.7. The van der Waals surface area contributed by atoms with Crippen LogP contribution in [0.15, 0.2) is 12.3 Å². The quantitative estimate of drug-likeness (QED) is 0.463. The molecule has 0 aliphatic heterocycles. The highest BCUT2D eigenvalue weighted by Gasteiger charge is 2.22. The number of rotatable bonds is 5. The summed E-state index contributed by atoms with van der Waals surface area (Å²) in [5.41, 5.74) is 0. The summed E-state index contributed by atoms with van der Waals surface area (Å²) in [6, 6.07) is 0.369. The molecule has 2 N–H and O–H groups in total. The zero-order valence-corrected chi connectivity index (χ0v) is 8.08. The number of ether oxygens (including phenoxy) is 1. The third kappa shape index (κ3) is 4.49. The molecular formula is C9H14N2O3. The highest BCUT2D eigenvalue weighted by Crippen LogP contribution is 2.17. The Morgan fingerprint density at radius 2 is 2.21 bits per heavy atom. The maximum absolute atomic E-state index is 11.1. The van der Waals surface area contributed by atoms with Crippen LogP contribution in [-0.2, 0) is 14.3 Å². The van der Waals surface area contributed by atoms with Gasteiger partial charge in [0.15, 0.2) is 0 Å². The normalized spacial score (nSPS) is 15.2. The fourth-order valence-corrected chi connectivity index (χ4v) is 0.853. The molecule has 1 fully saturated rings. The first-order chi connectivity index (χ1) is 6.72. The zero-order chi connectivity index (χ0) is 10.4. The lowest BCUT2D eigenvalue weighted by molar-refractivity contribution is -0.134. The Bertz CT molecular complexity index is 246. The van der Waals surface area contributed by atoms with E-state index in [0.717, 1.165) is 12.8 Å². The van der Waals surface area contributed by atoms with Crippen LogP contribution in [0.3, 0.4) is 0 Å². The van der Waals surface area contributed by atoms with Crippen LogP contribution in [-0.4, -0.2) is 31.6 Å². The van der Waals surface area contributed by atoms with E-state index in [1.165, 1.54) is 19.4 Å². The van der Waals surface area contributed by atoms with Gasteiger partial charge in [-0.2, -0.15) is 0 Å². The fourth-order valence-electron chi connectivity index (χ4n) is 0.853. The standard InChI is InChI=1S/C9H14N2O3/c1-14-9(13)4-5-10-6-8(12)11-7-2-3-7/h4-5,7,10H,2-3,6H2,1H3,(H,11,12)/b5-4+. The largest absolute Gasteiger partial charge is 0.466 e. The summed E-state index contributed by atoms with van der Waals surface area (Å²) >= 11 is 0. The first-order valence-electron chi connectivity index (χ1n) is 4.49. The van der Waals surface area contributed by atoms with E-state index < -0.39 is 5.97 Å². The Morgan fingerprint density at radius 3 is 2.79 bits per heavy atom. The molecule has 78 valence electrons. The van der Waals surface area contributed by atoms with Crippen LogP contribution in [0.2, 0.25) is 0 Å². The van der Waals surface area contributed by atoms with Gasteiger partial charge < -0.3 is 15.4 Å². The smallest absolute Gasteiger partial charge is 0.331 e. The van der Waals surface area contributed by atoms with E-state index >= 15 is 0 Å². The van der Waals surface area contributed by atoms with E-state index in [-0.39, 0.29) is 12.5 Å². The Morgan fingerprint density at radius 1 is 1.50 bits per heavy atom. The van der Waals surface area contributed by atoms with Crippen LogP contribution in [0.4, 0.5) is 0 Å². The predicted octanol–water partition coefficient (Wildman–Crippen LogP) is -0.459. The molecule has 1 aliphatic rings. The molecule has 1 amide bonds. The molecule has 0 unspecified atom stereocenters. The van der Waals surface area contributed by atoms with Crippen LogP contribution in [0.5, 0.6) is 0 Å². The van der Waals surface area contributed by atoms with Crippen molar-refractivity contribution in [2.75, 3.05) is 13.7 Å². The molecular weight excluding hydrogens is 184 g/mol. The minimum Gasteiger partial charge on any atom is -0.466 e. The lowest BCUT2D eigenvalue weighted by Crippen LogP contribution is -2.33. The highest BCUT2D eigenvalue weighted by molar-refractivity contribution is 5.82. The second kappa shape index (κ2) is 5.26. The van der Waals surface area contributed by atoms with Gasteiger partial charge in [-0.25, -0.2) is 4.79 Å². The predicted molar refractivity (Wildman–Crippen MR) is 50.3 cm³/mol. The summed E-state index contributed by atoms with van der Waals surface area (Å²) in [5, 5.41) is 5.49. The molecule has 14 heavy (non-hydrogen) atoms. The third-order valence-corrected chi connectivity index (χ3v) is 1.74. The lowest BCUT2D eigenvalue weighted by atomic mass is 10.5. The molecule has 5 heteroatoms. The summed E-state index contributed by atoms with van der Waals surface area (Å²) in [7, 11) is 1.30. The number of carbonyl (C=O) groups is 2. The van der Waals surface area contributed by atoms with Crippen LogP contribution in [0, 0.1) is 0 Å². The molecule has 0 bridgehead atoms. The van der Waals surface area contributed by atoms with Crippen molar-refractivity contribution in [3.8, 4) is 0 Å². The molecule has 0 aromatic rings. The van der Waals surface area contributed by atoms with Gasteiger partial charge in [-0.1, -0.05) is 0 Å². The number of methoxy groups -OCH3 is 1. The maximum atomic E-state index is 11.1. The van der Waals surface area contributed by atoms with E-state index in [2.05, 4.69) is 15.4 Å². The van der Waals surface area contributed by atoms with Gasteiger partial charge in [-0.15, -0.1) is 0 Å². The zero-order valence-electron chi connectivity index (χ0n) is 8.08. The van der Waals surface area contributed by atoms with Crippen molar-refractivity contribution in [1.82, 2.24) is 10.6 Å². The van der Waals surface area contributed by atoms with Crippen molar-refractivity contribution >= 4 is 11.9 Å². The maximum Gasteiger partial charge on any atom is 0.331 e. The molecule has 0 atom stereocenters. The summed E-state index contributed by atoms with van der Waals surface area (Å²) in [5.74, 6) is -0.498. The molecule has 1 rings (SSSR count). The van der Waals surface area contributed by atoms with E-state index in [9.17, 15) is 9.59 Å². The fraction of sp³-hybridized carbons (Fsp3) is 0.556. The molecule has 0 spiro atoms. The Labute approximate surface area is 82.5 Å². The van der Waals surface area contributed by atoms with Gasteiger partial charge in [0.2, 0.25) is 5.91 Å². The van der Waals surface area contributed by atoms with E-state index in [4.69, 9.17) is 0 Å². The average Bonchev–Trinajstić information content (AvgIpc) is 2.95. The van der Waals surface area contributed by atoms with Crippen molar-refractivity contribution in [2.24, 2.45) is 0 Å². The molecule has 1 aliphatic carbocycles. The van der Waals surface area contributed by atoms with Crippen molar-refractivity contribution < 1.29 is 14.3 Å². The topological polar surface area (TPSA) is 67.4 Å². The first kappa shape index (κ1) is 10.6. The second-order valence-corrected chi connectivity index (χ2v) is 3.08. The molecule has 0 heterocycles. The van der Waals surface area contributed by atoms with E-state index in [1.807, 2.05) is 0 Å². The Kier molecular flexibility index (Phi) is 3.97.